The van der Waals surface area contributed by atoms with Crippen molar-refractivity contribution in [1.29, 1.82) is 0 Å². The molecule has 0 bridgehead atoms. The van der Waals surface area contributed by atoms with Gasteiger partial charge in [-0.05, 0) is 23.9 Å². The van der Waals surface area contributed by atoms with Crippen molar-refractivity contribution in [3.05, 3.63) is 57.7 Å². The van der Waals surface area contributed by atoms with E-state index in [0.29, 0.717) is 21.9 Å². The Labute approximate surface area is 147 Å². The van der Waals surface area contributed by atoms with E-state index in [4.69, 9.17) is 0 Å². The minimum atomic E-state index is -0.345. The molecule has 0 radical (unpaired) electrons. The second-order valence-electron chi connectivity index (χ2n) is 5.36. The number of carbonyl (C=O) groups is 1. The molecule has 2 heterocycles. The van der Waals surface area contributed by atoms with Crippen molar-refractivity contribution in [1.82, 2.24) is 14.9 Å². The molecule has 24 heavy (non-hydrogen) atoms. The molecule has 5 nitrogen and oxygen atoms in total. The van der Waals surface area contributed by atoms with Gasteiger partial charge in [0, 0.05) is 13.6 Å². The fraction of sp³-hybridized carbons (Fsp3) is 0.235. The lowest BCUT2D eigenvalue weighted by atomic mass is 10.2. The molecule has 0 spiro atoms. The van der Waals surface area contributed by atoms with Crippen molar-refractivity contribution in [2.45, 2.75) is 23.9 Å². The van der Waals surface area contributed by atoms with Crippen molar-refractivity contribution in [2.24, 2.45) is 7.05 Å². The molecule has 7 heteroatoms. The van der Waals surface area contributed by atoms with Crippen LogP contribution >= 0.6 is 23.1 Å². The molecule has 1 amide bonds. The predicted molar refractivity (Wildman–Crippen MR) is 98.5 cm³/mol. The number of nitrogens with zero attached hydrogens (tertiary/aromatic N) is 2. The van der Waals surface area contributed by atoms with E-state index in [1.807, 2.05) is 48.7 Å². The van der Waals surface area contributed by atoms with Crippen LogP contribution in [-0.2, 0) is 18.4 Å². The van der Waals surface area contributed by atoms with Gasteiger partial charge >= 0.3 is 0 Å². The van der Waals surface area contributed by atoms with Gasteiger partial charge in [0.2, 0.25) is 5.91 Å². The maximum absolute atomic E-state index is 12.3. The number of carbonyl (C=O) groups excluding carboxylic acids is 1. The summed E-state index contributed by atoms with van der Waals surface area (Å²) in [4.78, 5) is 29.1. The largest absolute Gasteiger partial charge is 0.351 e. The van der Waals surface area contributed by atoms with Crippen LogP contribution in [0.3, 0.4) is 0 Å². The van der Waals surface area contributed by atoms with E-state index in [-0.39, 0.29) is 16.7 Å². The third kappa shape index (κ3) is 3.52. The van der Waals surface area contributed by atoms with E-state index >= 15 is 0 Å². The van der Waals surface area contributed by atoms with Crippen molar-refractivity contribution < 1.29 is 4.79 Å². The molecule has 0 aliphatic carbocycles. The molecule has 1 N–H and O–H groups in total. The minimum absolute atomic E-state index is 0.0746. The van der Waals surface area contributed by atoms with Gasteiger partial charge in [-0.15, -0.1) is 11.3 Å². The summed E-state index contributed by atoms with van der Waals surface area (Å²) in [7, 11) is 1.69. The Morgan fingerprint density at radius 1 is 1.33 bits per heavy atom. The zero-order chi connectivity index (χ0) is 17.1. The summed E-state index contributed by atoms with van der Waals surface area (Å²) in [5.41, 5.74) is 1.66. The second kappa shape index (κ2) is 7.19. The van der Waals surface area contributed by atoms with E-state index in [0.717, 1.165) is 5.56 Å². The van der Waals surface area contributed by atoms with Gasteiger partial charge in [-0.3, -0.25) is 14.2 Å². The summed E-state index contributed by atoms with van der Waals surface area (Å²) in [6, 6.07) is 11.6. The minimum Gasteiger partial charge on any atom is -0.351 e. The molecule has 3 rings (SSSR count). The van der Waals surface area contributed by atoms with Gasteiger partial charge in [0.05, 0.1) is 10.8 Å². The zero-order valence-corrected chi connectivity index (χ0v) is 15.0. The van der Waals surface area contributed by atoms with Crippen LogP contribution in [0.2, 0.25) is 0 Å². The molecule has 1 unspecified atom stereocenters. The normalized spacial score (nSPS) is 12.2. The number of benzene rings is 1. The summed E-state index contributed by atoms with van der Waals surface area (Å²) < 4.78 is 2.15. The van der Waals surface area contributed by atoms with Gasteiger partial charge in [-0.1, -0.05) is 42.1 Å². The molecule has 0 fully saturated rings. The van der Waals surface area contributed by atoms with Crippen molar-refractivity contribution in [3.63, 3.8) is 0 Å². The molecular weight excluding hydrogens is 342 g/mol. The number of fused-ring (bicyclic) bond motifs is 1. The Morgan fingerprint density at radius 2 is 2.08 bits per heavy atom. The Kier molecular flexibility index (Phi) is 5.01. The SMILES string of the molecule is CC(Sc1nc2ccsc2c(=O)n1C)C(=O)NCc1ccccc1. The molecular formula is C17H17N3O2S2. The number of rotatable bonds is 5. The van der Waals surface area contributed by atoms with E-state index < -0.39 is 0 Å². The first-order chi connectivity index (χ1) is 11.6. The van der Waals surface area contributed by atoms with Gasteiger partial charge in [0.1, 0.15) is 4.70 Å². The molecule has 0 aliphatic heterocycles. The van der Waals surface area contributed by atoms with Crippen LogP contribution in [0, 0.1) is 0 Å². The highest BCUT2D eigenvalue weighted by Crippen LogP contribution is 2.23. The van der Waals surface area contributed by atoms with Gasteiger partial charge in [0.25, 0.3) is 5.56 Å². The van der Waals surface area contributed by atoms with Crippen LogP contribution in [0.15, 0.2) is 51.7 Å². The smallest absolute Gasteiger partial charge is 0.271 e. The lowest BCUT2D eigenvalue weighted by molar-refractivity contribution is -0.120. The summed E-state index contributed by atoms with van der Waals surface area (Å²) >= 11 is 2.67. The third-order valence-electron chi connectivity index (χ3n) is 3.61. The van der Waals surface area contributed by atoms with Crippen molar-refractivity contribution in [3.8, 4) is 0 Å². The Hall–Kier alpha value is -2.12. The molecule has 3 aromatic rings. The maximum atomic E-state index is 12.3. The number of thioether (sulfide) groups is 1. The summed E-state index contributed by atoms with van der Waals surface area (Å²) in [5, 5.41) is 4.97. The number of hydrogen-bond acceptors (Lipinski definition) is 5. The summed E-state index contributed by atoms with van der Waals surface area (Å²) in [5.74, 6) is -0.0801. The van der Waals surface area contributed by atoms with E-state index in [1.54, 1.807) is 7.05 Å². The number of amides is 1. The first kappa shape index (κ1) is 16.7. The van der Waals surface area contributed by atoms with Gasteiger partial charge in [0.15, 0.2) is 5.16 Å². The quantitative estimate of drug-likeness (QED) is 0.562. The monoisotopic (exact) mass is 359 g/mol. The Bertz CT molecular complexity index is 918. The topological polar surface area (TPSA) is 64.0 Å². The highest BCUT2D eigenvalue weighted by molar-refractivity contribution is 8.00. The van der Waals surface area contributed by atoms with Crippen LogP contribution in [0.25, 0.3) is 10.2 Å². The van der Waals surface area contributed by atoms with Crippen LogP contribution in [-0.4, -0.2) is 20.7 Å². The highest BCUT2D eigenvalue weighted by Gasteiger charge is 2.18. The van der Waals surface area contributed by atoms with Crippen LogP contribution in [0.5, 0.6) is 0 Å². The average molecular weight is 359 g/mol. The molecule has 0 aliphatic rings. The van der Waals surface area contributed by atoms with Gasteiger partial charge < -0.3 is 5.32 Å². The standard InChI is InChI=1S/C17H17N3O2S2/c1-11(15(21)18-10-12-6-4-3-5-7-12)24-17-19-13-8-9-23-14(13)16(22)20(17)2/h3-9,11H,10H2,1-2H3,(H,18,21). The second-order valence-corrected chi connectivity index (χ2v) is 7.58. The number of nitrogens with one attached hydrogen (secondary N) is 1. The summed E-state index contributed by atoms with van der Waals surface area (Å²) in [6.45, 7) is 2.30. The van der Waals surface area contributed by atoms with Gasteiger partial charge in [-0.2, -0.15) is 0 Å². The first-order valence-electron chi connectivity index (χ1n) is 7.49. The Morgan fingerprint density at radius 3 is 2.83 bits per heavy atom. The molecule has 1 aromatic carbocycles. The van der Waals surface area contributed by atoms with Crippen LogP contribution in [0.4, 0.5) is 0 Å². The van der Waals surface area contributed by atoms with E-state index in [1.165, 1.54) is 27.7 Å². The molecule has 124 valence electrons. The number of hydrogen-bond donors (Lipinski definition) is 1. The fourth-order valence-electron chi connectivity index (χ4n) is 2.21. The fourth-order valence-corrected chi connectivity index (χ4v) is 3.92. The Balaban J connectivity index is 1.70. The number of thiophene rings is 1. The van der Waals surface area contributed by atoms with Crippen molar-refractivity contribution in [2.75, 3.05) is 0 Å². The molecule has 1 atom stereocenters. The highest BCUT2D eigenvalue weighted by atomic mass is 32.2. The molecule has 0 saturated carbocycles. The van der Waals surface area contributed by atoms with Crippen molar-refractivity contribution >= 4 is 39.2 Å². The lowest BCUT2D eigenvalue weighted by Gasteiger charge is -2.13. The zero-order valence-electron chi connectivity index (χ0n) is 13.4. The molecule has 2 aromatic heterocycles. The third-order valence-corrected chi connectivity index (χ3v) is 5.64. The lowest BCUT2D eigenvalue weighted by Crippen LogP contribution is -2.31. The summed E-state index contributed by atoms with van der Waals surface area (Å²) in [6.07, 6.45) is 0. The first-order valence-corrected chi connectivity index (χ1v) is 9.24. The number of aromatic nitrogens is 2. The van der Waals surface area contributed by atoms with E-state index in [9.17, 15) is 9.59 Å². The van der Waals surface area contributed by atoms with Crippen LogP contribution < -0.4 is 10.9 Å². The maximum Gasteiger partial charge on any atom is 0.271 e. The molecule has 0 saturated heterocycles. The van der Waals surface area contributed by atoms with Crippen LogP contribution in [0.1, 0.15) is 12.5 Å². The van der Waals surface area contributed by atoms with Gasteiger partial charge in [-0.25, -0.2) is 4.98 Å². The predicted octanol–water partition coefficient (Wildman–Crippen LogP) is 2.79. The average Bonchev–Trinajstić information content (AvgIpc) is 3.06. The van der Waals surface area contributed by atoms with E-state index in [2.05, 4.69) is 10.3 Å².